The van der Waals surface area contributed by atoms with Gasteiger partial charge in [-0.1, -0.05) is 11.6 Å². The first-order valence-corrected chi connectivity index (χ1v) is 7.61. The molecule has 2 heterocycles. The van der Waals surface area contributed by atoms with Gasteiger partial charge in [0.15, 0.2) is 0 Å². The third-order valence-corrected chi connectivity index (χ3v) is 4.17. The van der Waals surface area contributed by atoms with Crippen LogP contribution in [0.4, 0.5) is 5.69 Å². The second-order valence-corrected chi connectivity index (χ2v) is 6.51. The maximum absolute atomic E-state index is 12.1. The van der Waals surface area contributed by atoms with Crippen LogP contribution in [-0.4, -0.2) is 23.2 Å². The average Bonchev–Trinajstić information content (AvgIpc) is 2.80. The summed E-state index contributed by atoms with van der Waals surface area (Å²) in [6.45, 7) is 3.85. The van der Waals surface area contributed by atoms with Crippen molar-refractivity contribution in [3.05, 3.63) is 40.0 Å². The summed E-state index contributed by atoms with van der Waals surface area (Å²) in [6.07, 6.45) is 4.07. The summed E-state index contributed by atoms with van der Waals surface area (Å²) in [7, 11) is -3.82. The Labute approximate surface area is 120 Å². The van der Waals surface area contributed by atoms with Crippen molar-refractivity contribution in [3.8, 4) is 0 Å². The van der Waals surface area contributed by atoms with E-state index in [1.165, 1.54) is 6.20 Å². The van der Waals surface area contributed by atoms with Crippen LogP contribution in [0.1, 0.15) is 19.9 Å². The van der Waals surface area contributed by atoms with Gasteiger partial charge in [0.2, 0.25) is 0 Å². The lowest BCUT2D eigenvalue weighted by molar-refractivity contribution is 0.532. The minimum atomic E-state index is -3.82. The Bertz CT molecular complexity index is 779. The zero-order valence-electron chi connectivity index (χ0n) is 10.8. The highest BCUT2D eigenvalue weighted by atomic mass is 35.5. The molecule has 0 aliphatic heterocycles. The molecule has 0 saturated carbocycles. The second-order valence-electron chi connectivity index (χ2n) is 4.42. The molecule has 0 spiro atoms. The van der Waals surface area contributed by atoms with Gasteiger partial charge in [0.1, 0.15) is 9.92 Å². The van der Waals surface area contributed by atoms with Crippen molar-refractivity contribution in [2.24, 2.45) is 0 Å². The molecule has 0 radical (unpaired) electrons. The highest BCUT2D eigenvalue weighted by Gasteiger charge is 2.17. The van der Waals surface area contributed by atoms with Crippen LogP contribution < -0.4 is 10.3 Å². The van der Waals surface area contributed by atoms with Gasteiger partial charge < -0.3 is 4.98 Å². The Hall–Kier alpha value is -1.80. The summed E-state index contributed by atoms with van der Waals surface area (Å²) in [5, 5.41) is 3.84. The predicted molar refractivity (Wildman–Crippen MR) is 75.5 cm³/mol. The van der Waals surface area contributed by atoms with Crippen LogP contribution in [0.5, 0.6) is 0 Å². The smallest absolute Gasteiger partial charge is 0.266 e. The molecule has 0 aliphatic carbocycles. The van der Waals surface area contributed by atoms with Crippen LogP contribution in [0.25, 0.3) is 0 Å². The number of rotatable bonds is 4. The molecule has 2 aromatic heterocycles. The lowest BCUT2D eigenvalue weighted by atomic mass is 10.4. The fourth-order valence-electron chi connectivity index (χ4n) is 1.48. The van der Waals surface area contributed by atoms with E-state index in [4.69, 9.17) is 11.6 Å². The number of sulfonamides is 1. The highest BCUT2D eigenvalue weighted by molar-refractivity contribution is 7.92. The van der Waals surface area contributed by atoms with Crippen LogP contribution in [0.2, 0.25) is 5.02 Å². The van der Waals surface area contributed by atoms with Crippen molar-refractivity contribution >= 4 is 27.3 Å². The summed E-state index contributed by atoms with van der Waals surface area (Å²) in [4.78, 5) is 13.2. The van der Waals surface area contributed by atoms with Crippen LogP contribution in [0, 0.1) is 0 Å². The molecule has 7 nitrogen and oxygen atoms in total. The molecule has 0 saturated heterocycles. The van der Waals surface area contributed by atoms with E-state index in [0.29, 0.717) is 5.69 Å². The summed E-state index contributed by atoms with van der Waals surface area (Å²) in [5.41, 5.74) is -0.209. The molecule has 108 valence electrons. The van der Waals surface area contributed by atoms with E-state index in [0.717, 1.165) is 12.3 Å². The first-order chi connectivity index (χ1) is 9.29. The minimum absolute atomic E-state index is 0.121. The lowest BCUT2D eigenvalue weighted by Crippen LogP contribution is -2.15. The van der Waals surface area contributed by atoms with E-state index in [1.807, 2.05) is 13.8 Å². The number of halogens is 1. The first-order valence-electron chi connectivity index (χ1n) is 5.75. The topological polar surface area (TPSA) is 96.9 Å². The molecule has 2 aromatic rings. The highest BCUT2D eigenvalue weighted by Crippen LogP contribution is 2.17. The van der Waals surface area contributed by atoms with E-state index < -0.39 is 15.6 Å². The number of anilines is 1. The van der Waals surface area contributed by atoms with Gasteiger partial charge in [0.05, 0.1) is 11.9 Å². The molecule has 0 fully saturated rings. The van der Waals surface area contributed by atoms with Crippen LogP contribution in [-0.2, 0) is 10.0 Å². The van der Waals surface area contributed by atoms with E-state index in [-0.39, 0.29) is 16.0 Å². The molecule has 0 amide bonds. The van der Waals surface area contributed by atoms with Crippen LogP contribution >= 0.6 is 11.6 Å². The van der Waals surface area contributed by atoms with Gasteiger partial charge >= 0.3 is 0 Å². The Morgan fingerprint density at radius 2 is 2.15 bits per heavy atom. The van der Waals surface area contributed by atoms with E-state index >= 15 is 0 Å². The monoisotopic (exact) mass is 316 g/mol. The third-order valence-electron chi connectivity index (χ3n) is 2.52. The number of nitrogens with zero attached hydrogens (tertiary/aromatic N) is 2. The molecule has 2 N–H and O–H groups in total. The molecule has 0 atom stereocenters. The third kappa shape index (κ3) is 3.02. The van der Waals surface area contributed by atoms with Gasteiger partial charge in [-0.25, -0.2) is 8.42 Å². The number of pyridine rings is 1. The Kier molecular flexibility index (Phi) is 3.87. The molecule has 0 aromatic carbocycles. The zero-order valence-corrected chi connectivity index (χ0v) is 12.4. The van der Waals surface area contributed by atoms with Crippen molar-refractivity contribution in [1.82, 2.24) is 14.8 Å². The molecular formula is C11H13ClN4O3S. The molecule has 0 aliphatic rings. The Balaban J connectivity index is 2.30. The number of aromatic amines is 1. The lowest BCUT2D eigenvalue weighted by Gasteiger charge is -2.06. The van der Waals surface area contributed by atoms with Crippen LogP contribution in [0.15, 0.2) is 34.3 Å². The van der Waals surface area contributed by atoms with Gasteiger partial charge in [0, 0.05) is 18.4 Å². The fraction of sp³-hybridized carbons (Fsp3) is 0.273. The zero-order chi connectivity index (χ0) is 14.9. The maximum Gasteiger partial charge on any atom is 0.266 e. The Morgan fingerprint density at radius 1 is 1.45 bits per heavy atom. The number of hydrogen-bond acceptors (Lipinski definition) is 4. The summed E-state index contributed by atoms with van der Waals surface area (Å²) >= 11 is 5.62. The number of H-pyrrole nitrogens is 1. The Morgan fingerprint density at radius 3 is 2.70 bits per heavy atom. The molecule has 20 heavy (non-hydrogen) atoms. The number of nitrogens with one attached hydrogen (secondary N) is 2. The van der Waals surface area contributed by atoms with E-state index in [9.17, 15) is 13.2 Å². The molecule has 0 bridgehead atoms. The van der Waals surface area contributed by atoms with Crippen molar-refractivity contribution in [2.45, 2.75) is 24.8 Å². The van der Waals surface area contributed by atoms with Gasteiger partial charge in [-0.15, -0.1) is 0 Å². The van der Waals surface area contributed by atoms with Gasteiger partial charge in [0.25, 0.3) is 15.6 Å². The van der Waals surface area contributed by atoms with Crippen molar-refractivity contribution in [3.63, 3.8) is 0 Å². The molecule has 0 unspecified atom stereocenters. The quantitative estimate of drug-likeness (QED) is 0.895. The predicted octanol–water partition coefficient (Wildman–Crippen LogP) is 1.61. The number of aromatic nitrogens is 3. The first kappa shape index (κ1) is 14.6. The minimum Gasteiger partial charge on any atom is -0.326 e. The summed E-state index contributed by atoms with van der Waals surface area (Å²) in [6, 6.07) is 1.21. The normalized spacial score (nSPS) is 11.8. The van der Waals surface area contributed by atoms with Crippen molar-refractivity contribution in [2.75, 3.05) is 4.72 Å². The van der Waals surface area contributed by atoms with Gasteiger partial charge in [-0.05, 0) is 19.9 Å². The second kappa shape index (κ2) is 5.29. The SMILES string of the molecule is CC(C)n1cc(NS(=O)(=O)c2c[nH]c(=O)c(Cl)c2)cn1. The maximum atomic E-state index is 12.1. The number of hydrogen-bond donors (Lipinski definition) is 2. The van der Waals surface area contributed by atoms with Gasteiger partial charge in [-0.2, -0.15) is 5.10 Å². The standard InChI is InChI=1S/C11H13ClN4O3S/c1-7(2)16-6-8(4-14-16)15-20(18,19)9-3-10(12)11(17)13-5-9/h3-7,15H,1-2H3,(H,13,17). The summed E-state index contributed by atoms with van der Waals surface area (Å²) < 4.78 is 28.2. The average molecular weight is 317 g/mol. The fourth-order valence-corrected chi connectivity index (χ4v) is 2.74. The molecule has 9 heteroatoms. The molecule has 2 rings (SSSR count). The molecular weight excluding hydrogens is 304 g/mol. The van der Waals surface area contributed by atoms with E-state index in [1.54, 1.807) is 10.9 Å². The van der Waals surface area contributed by atoms with Crippen molar-refractivity contribution < 1.29 is 8.42 Å². The summed E-state index contributed by atoms with van der Waals surface area (Å²) in [5.74, 6) is 0. The van der Waals surface area contributed by atoms with Crippen molar-refractivity contribution in [1.29, 1.82) is 0 Å². The largest absolute Gasteiger partial charge is 0.326 e. The van der Waals surface area contributed by atoms with Gasteiger partial charge in [-0.3, -0.25) is 14.2 Å². The van der Waals surface area contributed by atoms with Crippen LogP contribution in [0.3, 0.4) is 0 Å². The van der Waals surface area contributed by atoms with E-state index in [2.05, 4.69) is 14.8 Å².